The average Bonchev–Trinajstić information content (AvgIpc) is 3.05. The number of fused-ring (bicyclic) bond motifs is 5. The first-order chi connectivity index (χ1) is 14.6. The Bertz CT molecular complexity index is 680. The van der Waals surface area contributed by atoms with Crippen LogP contribution in [-0.2, 0) is 9.53 Å². The fraction of sp³-hybridized carbons (Fsp3) is 0.897. The number of hydrogen-bond donors (Lipinski definition) is 0. The molecule has 0 spiro atoms. The van der Waals surface area contributed by atoms with E-state index in [1.165, 1.54) is 51.4 Å². The third kappa shape index (κ3) is 4.26. The first-order valence-corrected chi connectivity index (χ1v) is 13.5. The highest BCUT2D eigenvalue weighted by Gasteiger charge is 2.60. The van der Waals surface area contributed by atoms with E-state index in [1.54, 1.807) is 6.92 Å². The molecule has 0 N–H and O–H groups in total. The second kappa shape index (κ2) is 8.86. The van der Waals surface area contributed by atoms with Crippen molar-refractivity contribution >= 4 is 5.97 Å². The summed E-state index contributed by atoms with van der Waals surface area (Å²) in [4.78, 5) is 11.5. The summed E-state index contributed by atoms with van der Waals surface area (Å²) in [6, 6.07) is 0. The van der Waals surface area contributed by atoms with Crippen LogP contribution in [0.3, 0.4) is 0 Å². The minimum atomic E-state index is -0.0933. The number of allylic oxidation sites excluding steroid dienone is 2. The zero-order chi connectivity index (χ0) is 22.4. The molecule has 0 bridgehead atoms. The Morgan fingerprint density at radius 1 is 0.968 bits per heavy atom. The highest BCUT2D eigenvalue weighted by atomic mass is 16.5. The summed E-state index contributed by atoms with van der Waals surface area (Å²) < 4.78 is 5.65. The van der Waals surface area contributed by atoms with Crippen LogP contribution in [0, 0.1) is 52.3 Å². The van der Waals surface area contributed by atoms with E-state index in [4.69, 9.17) is 4.74 Å². The van der Waals surface area contributed by atoms with Gasteiger partial charge in [-0.1, -0.05) is 46.8 Å². The monoisotopic (exact) mass is 428 g/mol. The molecule has 0 heterocycles. The SMILES string of the molecule is CC(=O)O[C@H]1CC[C@@]2(C)[C@@H](CC[C@@H]3[C@@H]2CC[C@]2(C)[C@@H]([C@H](C)/C=C\CC(C)C)CC[C@@H]32)C1. The second-order valence-electron chi connectivity index (χ2n) is 12.8. The van der Waals surface area contributed by atoms with Gasteiger partial charge in [0.05, 0.1) is 0 Å². The summed E-state index contributed by atoms with van der Waals surface area (Å²) in [5.74, 6) is 5.77. The molecule has 2 nitrogen and oxygen atoms in total. The Kier molecular flexibility index (Phi) is 6.68. The van der Waals surface area contributed by atoms with Gasteiger partial charge in [-0.15, -0.1) is 0 Å². The van der Waals surface area contributed by atoms with Crippen LogP contribution in [0.15, 0.2) is 12.2 Å². The van der Waals surface area contributed by atoms with Crippen molar-refractivity contribution in [2.24, 2.45) is 52.3 Å². The molecule has 31 heavy (non-hydrogen) atoms. The summed E-state index contributed by atoms with van der Waals surface area (Å²) in [5, 5.41) is 0. The molecule has 4 fully saturated rings. The maximum absolute atomic E-state index is 11.5. The van der Waals surface area contributed by atoms with Crippen LogP contribution < -0.4 is 0 Å². The number of carbonyl (C=O) groups excluding carboxylic acids is 1. The number of ether oxygens (including phenoxy) is 1. The summed E-state index contributed by atoms with van der Waals surface area (Å²) in [7, 11) is 0. The van der Waals surface area contributed by atoms with Crippen LogP contribution in [0.1, 0.15) is 106 Å². The summed E-state index contributed by atoms with van der Waals surface area (Å²) >= 11 is 0. The second-order valence-corrected chi connectivity index (χ2v) is 12.8. The van der Waals surface area contributed by atoms with E-state index in [-0.39, 0.29) is 12.1 Å². The first kappa shape index (κ1) is 23.4. The Morgan fingerprint density at radius 3 is 2.39 bits per heavy atom. The predicted octanol–water partition coefficient (Wildman–Crippen LogP) is 7.82. The lowest BCUT2D eigenvalue weighted by Crippen LogP contribution is -2.54. The number of carbonyl (C=O) groups is 1. The van der Waals surface area contributed by atoms with E-state index in [2.05, 4.69) is 46.8 Å². The fourth-order valence-corrected chi connectivity index (χ4v) is 9.16. The van der Waals surface area contributed by atoms with Crippen molar-refractivity contribution in [2.45, 2.75) is 112 Å². The Labute approximate surface area is 192 Å². The highest BCUT2D eigenvalue weighted by molar-refractivity contribution is 5.66. The molecule has 0 saturated heterocycles. The smallest absolute Gasteiger partial charge is 0.302 e. The largest absolute Gasteiger partial charge is 0.463 e. The van der Waals surface area contributed by atoms with Crippen LogP contribution in [0.4, 0.5) is 0 Å². The highest BCUT2D eigenvalue weighted by Crippen LogP contribution is 2.68. The molecule has 176 valence electrons. The van der Waals surface area contributed by atoms with Gasteiger partial charge in [0, 0.05) is 6.92 Å². The summed E-state index contributed by atoms with van der Waals surface area (Å²) in [6.07, 6.45) is 18.4. The summed E-state index contributed by atoms with van der Waals surface area (Å²) in [5.41, 5.74) is 1.02. The van der Waals surface area contributed by atoms with E-state index >= 15 is 0 Å². The molecule has 9 atom stereocenters. The molecular formula is C29H48O2. The standard InChI is InChI=1S/C29H48O2/c1-19(2)8-7-9-20(3)25-12-13-26-24-11-10-22-18-23(31-21(4)30)14-16-28(22,5)27(24)15-17-29(25,26)6/h7,9,19-20,22-27H,8,10-18H2,1-6H3/b9-7-/t20-,22+,23+,24+,25-,26+,27+,28+,29-/m1/s1. The zero-order valence-corrected chi connectivity index (χ0v) is 21.2. The van der Waals surface area contributed by atoms with Gasteiger partial charge in [0.15, 0.2) is 0 Å². The van der Waals surface area contributed by atoms with Crippen molar-refractivity contribution in [2.75, 3.05) is 0 Å². The maximum atomic E-state index is 11.5. The van der Waals surface area contributed by atoms with Gasteiger partial charge < -0.3 is 4.74 Å². The molecule has 0 aromatic heterocycles. The van der Waals surface area contributed by atoms with Crippen molar-refractivity contribution in [1.82, 2.24) is 0 Å². The molecule has 0 amide bonds. The fourth-order valence-electron chi connectivity index (χ4n) is 9.16. The van der Waals surface area contributed by atoms with E-state index in [0.717, 1.165) is 54.3 Å². The zero-order valence-electron chi connectivity index (χ0n) is 21.2. The lowest BCUT2D eigenvalue weighted by molar-refractivity contribution is -0.160. The van der Waals surface area contributed by atoms with Gasteiger partial charge in [0.1, 0.15) is 6.10 Å². The van der Waals surface area contributed by atoms with Gasteiger partial charge >= 0.3 is 5.97 Å². The summed E-state index contributed by atoms with van der Waals surface area (Å²) in [6.45, 7) is 14.0. The van der Waals surface area contributed by atoms with Crippen molar-refractivity contribution in [3.63, 3.8) is 0 Å². The van der Waals surface area contributed by atoms with Crippen molar-refractivity contribution < 1.29 is 9.53 Å². The van der Waals surface area contributed by atoms with Crippen LogP contribution in [0.2, 0.25) is 0 Å². The number of rotatable bonds is 5. The molecule has 2 heteroatoms. The molecule has 4 aliphatic rings. The van der Waals surface area contributed by atoms with E-state index in [0.29, 0.717) is 10.8 Å². The average molecular weight is 429 g/mol. The van der Waals surface area contributed by atoms with Crippen LogP contribution in [0.25, 0.3) is 0 Å². The van der Waals surface area contributed by atoms with Gasteiger partial charge in [-0.3, -0.25) is 4.79 Å². The minimum Gasteiger partial charge on any atom is -0.463 e. The van der Waals surface area contributed by atoms with Crippen molar-refractivity contribution in [1.29, 1.82) is 0 Å². The molecule has 0 aliphatic heterocycles. The van der Waals surface area contributed by atoms with Crippen LogP contribution >= 0.6 is 0 Å². The molecule has 0 unspecified atom stereocenters. The topological polar surface area (TPSA) is 26.3 Å². The third-order valence-electron chi connectivity index (χ3n) is 10.7. The Hall–Kier alpha value is -0.790. The van der Waals surface area contributed by atoms with Gasteiger partial charge in [-0.05, 0) is 116 Å². The van der Waals surface area contributed by atoms with E-state index < -0.39 is 0 Å². The van der Waals surface area contributed by atoms with Crippen molar-refractivity contribution in [3.8, 4) is 0 Å². The third-order valence-corrected chi connectivity index (χ3v) is 10.7. The van der Waals surface area contributed by atoms with E-state index in [9.17, 15) is 4.79 Å². The molecule has 4 rings (SSSR count). The minimum absolute atomic E-state index is 0.0933. The van der Waals surface area contributed by atoms with Gasteiger partial charge in [0.25, 0.3) is 0 Å². The lowest BCUT2D eigenvalue weighted by atomic mass is 9.44. The number of esters is 1. The number of hydrogen-bond acceptors (Lipinski definition) is 2. The molecular weight excluding hydrogens is 380 g/mol. The molecule has 4 saturated carbocycles. The van der Waals surface area contributed by atoms with E-state index in [1.807, 2.05) is 0 Å². The first-order valence-electron chi connectivity index (χ1n) is 13.5. The molecule has 4 aliphatic carbocycles. The molecule has 0 radical (unpaired) electrons. The maximum Gasteiger partial charge on any atom is 0.302 e. The Morgan fingerprint density at radius 2 is 1.68 bits per heavy atom. The van der Waals surface area contributed by atoms with Gasteiger partial charge in [-0.2, -0.15) is 0 Å². The van der Waals surface area contributed by atoms with Gasteiger partial charge in [-0.25, -0.2) is 0 Å². The van der Waals surface area contributed by atoms with Crippen LogP contribution in [0.5, 0.6) is 0 Å². The normalized spacial score (nSPS) is 45.8. The van der Waals surface area contributed by atoms with Crippen LogP contribution in [-0.4, -0.2) is 12.1 Å². The van der Waals surface area contributed by atoms with Crippen molar-refractivity contribution in [3.05, 3.63) is 12.2 Å². The molecule has 0 aromatic rings. The van der Waals surface area contributed by atoms with Gasteiger partial charge in [0.2, 0.25) is 0 Å². The molecule has 0 aromatic carbocycles. The lowest BCUT2D eigenvalue weighted by Gasteiger charge is -2.61. The predicted molar refractivity (Wildman–Crippen MR) is 129 cm³/mol. The Balaban J connectivity index is 1.46. The quantitative estimate of drug-likeness (QED) is 0.329.